The van der Waals surface area contributed by atoms with Crippen LogP contribution in [0.25, 0.3) is 0 Å². The molecule has 0 saturated heterocycles. The third-order valence-electron chi connectivity index (χ3n) is 5.09. The number of nitrogens with zero attached hydrogens (tertiary/aromatic N) is 3. The number of aromatic nitrogens is 1. The summed E-state index contributed by atoms with van der Waals surface area (Å²) in [4.78, 5) is 27.4. The number of carboxylic acid groups (broad SMARTS) is 1. The molecule has 1 unspecified atom stereocenters. The number of aliphatic carboxylic acids is 1. The van der Waals surface area contributed by atoms with E-state index in [4.69, 9.17) is 10.2 Å². The summed E-state index contributed by atoms with van der Waals surface area (Å²) in [7, 11) is 1.00. The van der Waals surface area contributed by atoms with Crippen molar-refractivity contribution in [3.8, 4) is 0 Å². The van der Waals surface area contributed by atoms with Gasteiger partial charge in [-0.1, -0.05) is 52.8 Å². The Balaban J connectivity index is 0. The van der Waals surface area contributed by atoms with Crippen molar-refractivity contribution >= 4 is 11.7 Å². The van der Waals surface area contributed by atoms with Gasteiger partial charge in [-0.3, -0.25) is 24.8 Å². The maximum atomic E-state index is 10.7. The highest BCUT2D eigenvalue weighted by atomic mass is 16.6. The Morgan fingerprint density at radius 3 is 1.97 bits per heavy atom. The number of hydrogen-bond acceptors (Lipinski definition) is 7. The van der Waals surface area contributed by atoms with Crippen molar-refractivity contribution in [2.45, 2.75) is 66.8 Å². The molecule has 0 aliphatic heterocycles. The van der Waals surface area contributed by atoms with Crippen LogP contribution in [-0.4, -0.2) is 64.3 Å². The highest BCUT2D eigenvalue weighted by Crippen LogP contribution is 2.22. The molecule has 204 valence electrons. The van der Waals surface area contributed by atoms with E-state index < -0.39 is 10.9 Å². The summed E-state index contributed by atoms with van der Waals surface area (Å²) in [5.74, 6) is -0.870. The van der Waals surface area contributed by atoms with Crippen molar-refractivity contribution in [2.75, 3.05) is 33.3 Å². The molecular formula is C27H46N4O5. The van der Waals surface area contributed by atoms with E-state index in [0.29, 0.717) is 6.54 Å². The molecule has 1 aromatic carbocycles. The standard InChI is InChI=1S/C15H23N3O4.C9H13N.C2H6.CH4O/c1-3-9-17(10-8-16-11-15(19)20)12(2)13-4-6-14(7-5-13)18(21)22;1-3-8-6-5-7-9(4-2)10-8;2*1-2/h4-7,12,16H,3,8-11H2,1-2H3,(H,19,20);5-7H,3-4H2,1-2H3;1-2H3;2H,1H3. The number of benzene rings is 1. The van der Waals surface area contributed by atoms with Crippen LogP contribution in [0.1, 0.15) is 71.0 Å². The third-order valence-corrected chi connectivity index (χ3v) is 5.09. The molecular weight excluding hydrogens is 460 g/mol. The summed E-state index contributed by atoms with van der Waals surface area (Å²) < 4.78 is 0. The first-order valence-corrected chi connectivity index (χ1v) is 12.6. The molecule has 36 heavy (non-hydrogen) atoms. The number of pyridine rings is 1. The third kappa shape index (κ3) is 15.2. The van der Waals surface area contributed by atoms with E-state index in [-0.39, 0.29) is 18.3 Å². The van der Waals surface area contributed by atoms with E-state index in [9.17, 15) is 14.9 Å². The second-order valence-corrected chi connectivity index (χ2v) is 7.46. The lowest BCUT2D eigenvalue weighted by molar-refractivity contribution is -0.384. The Hall–Kier alpha value is -2.88. The number of hydrogen-bond donors (Lipinski definition) is 3. The fraction of sp³-hybridized carbons (Fsp3) is 0.556. The molecule has 3 N–H and O–H groups in total. The van der Waals surface area contributed by atoms with E-state index in [1.54, 1.807) is 12.1 Å². The van der Waals surface area contributed by atoms with Crippen LogP contribution in [0.15, 0.2) is 42.5 Å². The Morgan fingerprint density at radius 2 is 1.56 bits per heavy atom. The monoisotopic (exact) mass is 506 g/mol. The Kier molecular flexibility index (Phi) is 22.1. The van der Waals surface area contributed by atoms with Gasteiger partial charge in [0.05, 0.1) is 11.5 Å². The van der Waals surface area contributed by atoms with E-state index >= 15 is 0 Å². The SMILES string of the molecule is CC.CCCN(CCNCC(=O)O)C(C)c1ccc([N+](=O)[O-])cc1.CCc1cccc(CC)n1.CO. The van der Waals surface area contributed by atoms with Crippen LogP contribution in [0.4, 0.5) is 5.69 Å². The summed E-state index contributed by atoms with van der Waals surface area (Å²) in [6.07, 6.45) is 3.05. The lowest BCUT2D eigenvalue weighted by Crippen LogP contribution is -2.36. The molecule has 1 atom stereocenters. The van der Waals surface area contributed by atoms with Gasteiger partial charge in [-0.05, 0) is 50.4 Å². The van der Waals surface area contributed by atoms with Crippen molar-refractivity contribution in [3.05, 3.63) is 69.5 Å². The predicted molar refractivity (Wildman–Crippen MR) is 146 cm³/mol. The van der Waals surface area contributed by atoms with Gasteiger partial charge in [0, 0.05) is 49.8 Å². The molecule has 0 saturated carbocycles. The van der Waals surface area contributed by atoms with Gasteiger partial charge >= 0.3 is 5.97 Å². The lowest BCUT2D eigenvalue weighted by Gasteiger charge is -2.29. The van der Waals surface area contributed by atoms with Crippen molar-refractivity contribution in [1.82, 2.24) is 15.2 Å². The molecule has 0 fully saturated rings. The molecule has 1 heterocycles. The van der Waals surface area contributed by atoms with Crippen LogP contribution in [0.3, 0.4) is 0 Å². The first-order valence-electron chi connectivity index (χ1n) is 12.6. The van der Waals surface area contributed by atoms with Crippen LogP contribution < -0.4 is 5.32 Å². The minimum Gasteiger partial charge on any atom is -0.480 e. The number of aliphatic hydroxyl groups excluding tert-OH is 1. The van der Waals surface area contributed by atoms with E-state index in [1.807, 2.05) is 20.8 Å². The average molecular weight is 507 g/mol. The number of nitro benzene ring substituents is 1. The molecule has 0 aliphatic rings. The fourth-order valence-corrected chi connectivity index (χ4v) is 3.21. The number of nitrogens with one attached hydrogen (secondary N) is 1. The molecule has 1 aromatic heterocycles. The summed E-state index contributed by atoms with van der Waals surface area (Å²) >= 11 is 0. The molecule has 0 radical (unpaired) electrons. The van der Waals surface area contributed by atoms with Crippen molar-refractivity contribution < 1.29 is 19.9 Å². The minimum absolute atomic E-state index is 0.0497. The quantitative estimate of drug-likeness (QED) is 0.211. The second kappa shape index (κ2) is 22.6. The normalized spacial score (nSPS) is 10.6. The van der Waals surface area contributed by atoms with Crippen LogP contribution in [0, 0.1) is 10.1 Å². The van der Waals surface area contributed by atoms with Crippen LogP contribution in [0.5, 0.6) is 0 Å². The van der Waals surface area contributed by atoms with Crippen molar-refractivity contribution in [2.24, 2.45) is 0 Å². The van der Waals surface area contributed by atoms with Crippen LogP contribution >= 0.6 is 0 Å². The summed E-state index contributed by atoms with van der Waals surface area (Å²) in [6.45, 7) is 14.5. The van der Waals surface area contributed by atoms with Crippen molar-refractivity contribution in [1.29, 1.82) is 0 Å². The first-order chi connectivity index (χ1) is 17.3. The average Bonchev–Trinajstić information content (AvgIpc) is 2.92. The van der Waals surface area contributed by atoms with Gasteiger partial charge in [-0.2, -0.15) is 0 Å². The highest BCUT2D eigenvalue weighted by Gasteiger charge is 2.16. The molecule has 2 aromatic rings. The largest absolute Gasteiger partial charge is 0.480 e. The van der Waals surface area contributed by atoms with Gasteiger partial charge in [0.15, 0.2) is 0 Å². The number of rotatable bonds is 12. The van der Waals surface area contributed by atoms with Gasteiger partial charge in [0.2, 0.25) is 0 Å². The number of carbonyl (C=O) groups is 1. The van der Waals surface area contributed by atoms with Crippen molar-refractivity contribution in [3.63, 3.8) is 0 Å². The number of non-ortho nitro benzene ring substituents is 1. The topological polar surface area (TPSA) is 129 Å². The zero-order valence-corrected chi connectivity index (χ0v) is 23.0. The summed E-state index contributed by atoms with van der Waals surface area (Å²) in [5.41, 5.74) is 3.48. The van der Waals surface area contributed by atoms with Crippen LogP contribution in [0.2, 0.25) is 0 Å². The second-order valence-electron chi connectivity index (χ2n) is 7.46. The van der Waals surface area contributed by atoms with E-state index in [0.717, 1.165) is 45.0 Å². The number of carboxylic acids is 1. The van der Waals surface area contributed by atoms with E-state index in [2.05, 4.69) is 54.2 Å². The summed E-state index contributed by atoms with van der Waals surface area (Å²) in [5, 5.41) is 29.2. The Morgan fingerprint density at radius 1 is 1.03 bits per heavy atom. The predicted octanol–water partition coefficient (Wildman–Crippen LogP) is 4.88. The molecule has 0 bridgehead atoms. The fourth-order valence-electron chi connectivity index (χ4n) is 3.21. The van der Waals surface area contributed by atoms with Gasteiger partial charge in [0.1, 0.15) is 0 Å². The lowest BCUT2D eigenvalue weighted by atomic mass is 10.1. The number of aryl methyl sites for hydroxylation is 2. The molecule has 9 heteroatoms. The number of nitro groups is 1. The smallest absolute Gasteiger partial charge is 0.317 e. The molecule has 9 nitrogen and oxygen atoms in total. The van der Waals surface area contributed by atoms with Gasteiger partial charge in [0.25, 0.3) is 5.69 Å². The van der Waals surface area contributed by atoms with Crippen LogP contribution in [-0.2, 0) is 17.6 Å². The molecule has 2 rings (SSSR count). The number of aliphatic hydroxyl groups is 1. The van der Waals surface area contributed by atoms with E-state index in [1.165, 1.54) is 23.5 Å². The van der Waals surface area contributed by atoms with Gasteiger partial charge in [-0.25, -0.2) is 0 Å². The maximum Gasteiger partial charge on any atom is 0.317 e. The first kappa shape index (κ1) is 35.3. The summed E-state index contributed by atoms with van der Waals surface area (Å²) in [6, 6.07) is 12.9. The highest BCUT2D eigenvalue weighted by molar-refractivity contribution is 5.68. The molecule has 0 aliphatic carbocycles. The van der Waals surface area contributed by atoms with Gasteiger partial charge < -0.3 is 15.5 Å². The molecule has 0 amide bonds. The Bertz CT molecular complexity index is 812. The zero-order chi connectivity index (χ0) is 27.9. The molecule has 0 spiro atoms. The minimum atomic E-state index is -0.870. The Labute approximate surface area is 216 Å². The zero-order valence-electron chi connectivity index (χ0n) is 23.0. The maximum absolute atomic E-state index is 10.7. The van der Waals surface area contributed by atoms with Gasteiger partial charge in [-0.15, -0.1) is 0 Å².